The van der Waals surface area contributed by atoms with Gasteiger partial charge in [-0.05, 0) is 31.7 Å². The summed E-state index contributed by atoms with van der Waals surface area (Å²) in [5.41, 5.74) is 5.70. The number of nitrogen functional groups attached to an aromatic ring is 1. The van der Waals surface area contributed by atoms with Gasteiger partial charge in [0.1, 0.15) is 11.6 Å². The average Bonchev–Trinajstić information content (AvgIpc) is 2.37. The van der Waals surface area contributed by atoms with Crippen molar-refractivity contribution in [3.8, 4) is 0 Å². The lowest BCUT2D eigenvalue weighted by atomic mass is 9.84. The Kier molecular flexibility index (Phi) is 4.57. The summed E-state index contributed by atoms with van der Waals surface area (Å²) >= 11 is 12.0. The molecule has 1 unspecified atom stereocenters. The number of rotatable bonds is 3. The van der Waals surface area contributed by atoms with Crippen LogP contribution in [0.4, 0.5) is 11.6 Å². The van der Waals surface area contributed by atoms with E-state index in [1.54, 1.807) is 6.07 Å². The molecule has 18 heavy (non-hydrogen) atoms. The predicted octanol–water partition coefficient (Wildman–Crippen LogP) is 4.35. The third kappa shape index (κ3) is 3.21. The highest BCUT2D eigenvalue weighted by atomic mass is 35.5. The van der Waals surface area contributed by atoms with Gasteiger partial charge in [-0.15, -0.1) is 0 Å². The molecule has 0 aliphatic heterocycles. The minimum Gasteiger partial charge on any atom is -0.382 e. The fraction of sp³-hybridized carbons (Fsp3) is 0.615. The summed E-state index contributed by atoms with van der Waals surface area (Å²) in [7, 11) is 0. The van der Waals surface area contributed by atoms with Crippen molar-refractivity contribution >= 4 is 34.8 Å². The van der Waals surface area contributed by atoms with Crippen LogP contribution in [0, 0.1) is 5.92 Å². The number of nitrogens with two attached hydrogens (primary N) is 1. The first-order valence-electron chi connectivity index (χ1n) is 6.46. The largest absolute Gasteiger partial charge is 0.382 e. The zero-order chi connectivity index (χ0) is 13.1. The van der Waals surface area contributed by atoms with Crippen LogP contribution in [0.15, 0.2) is 6.07 Å². The first-order valence-corrected chi connectivity index (χ1v) is 7.21. The standard InChI is InChI=1S/C13H19Cl2N3/c1-8(9-5-3-2-4-6-9)17-13-11(15)7-10(14)12(16)18-13/h7-9H,2-6H2,1H3,(H3,16,17,18). The SMILES string of the molecule is CC(Nc1nc(N)c(Cl)cc1Cl)C1CCCCC1. The molecule has 100 valence electrons. The molecule has 0 radical (unpaired) electrons. The van der Waals surface area contributed by atoms with E-state index in [0.29, 0.717) is 33.6 Å². The van der Waals surface area contributed by atoms with Crippen molar-refractivity contribution in [3.05, 3.63) is 16.1 Å². The minimum atomic E-state index is 0.319. The molecular weight excluding hydrogens is 269 g/mol. The van der Waals surface area contributed by atoms with Crippen LogP contribution >= 0.6 is 23.2 Å². The first-order chi connectivity index (χ1) is 8.58. The molecule has 0 saturated heterocycles. The van der Waals surface area contributed by atoms with E-state index in [4.69, 9.17) is 28.9 Å². The van der Waals surface area contributed by atoms with Gasteiger partial charge in [0.25, 0.3) is 0 Å². The number of pyridine rings is 1. The Labute approximate surface area is 118 Å². The highest BCUT2D eigenvalue weighted by Crippen LogP contribution is 2.31. The summed E-state index contributed by atoms with van der Waals surface area (Å²) in [5, 5.41) is 4.29. The highest BCUT2D eigenvalue weighted by Gasteiger charge is 2.21. The summed E-state index contributed by atoms with van der Waals surface area (Å²) in [6.45, 7) is 2.18. The Bertz CT molecular complexity index is 417. The fourth-order valence-electron chi connectivity index (χ4n) is 2.55. The van der Waals surface area contributed by atoms with E-state index in [1.807, 2.05) is 0 Å². The molecule has 1 aromatic heterocycles. The summed E-state index contributed by atoms with van der Waals surface area (Å²) in [6.07, 6.45) is 6.54. The quantitative estimate of drug-likeness (QED) is 0.869. The lowest BCUT2D eigenvalue weighted by molar-refractivity contribution is 0.328. The molecule has 1 aliphatic rings. The number of aromatic nitrogens is 1. The highest BCUT2D eigenvalue weighted by molar-refractivity contribution is 6.37. The molecular formula is C13H19Cl2N3. The lowest BCUT2D eigenvalue weighted by Crippen LogP contribution is -2.28. The van der Waals surface area contributed by atoms with Gasteiger partial charge in [-0.2, -0.15) is 0 Å². The van der Waals surface area contributed by atoms with Crippen LogP contribution in [0.5, 0.6) is 0 Å². The molecule has 2 rings (SSSR count). The van der Waals surface area contributed by atoms with Gasteiger partial charge >= 0.3 is 0 Å². The van der Waals surface area contributed by atoms with E-state index in [0.717, 1.165) is 0 Å². The van der Waals surface area contributed by atoms with Crippen LogP contribution in [-0.2, 0) is 0 Å². The van der Waals surface area contributed by atoms with Crippen molar-refractivity contribution < 1.29 is 0 Å². The smallest absolute Gasteiger partial charge is 0.147 e. The monoisotopic (exact) mass is 287 g/mol. The van der Waals surface area contributed by atoms with Gasteiger partial charge in [-0.25, -0.2) is 4.98 Å². The third-order valence-corrected chi connectivity index (χ3v) is 4.27. The maximum Gasteiger partial charge on any atom is 0.147 e. The van der Waals surface area contributed by atoms with Crippen LogP contribution in [0.2, 0.25) is 10.0 Å². The van der Waals surface area contributed by atoms with Crippen LogP contribution in [-0.4, -0.2) is 11.0 Å². The second-order valence-electron chi connectivity index (χ2n) is 5.02. The van der Waals surface area contributed by atoms with E-state index in [-0.39, 0.29) is 0 Å². The lowest BCUT2D eigenvalue weighted by Gasteiger charge is -2.28. The van der Waals surface area contributed by atoms with Gasteiger partial charge in [-0.1, -0.05) is 42.5 Å². The van der Waals surface area contributed by atoms with Crippen LogP contribution in [0.3, 0.4) is 0 Å². The molecule has 1 atom stereocenters. The zero-order valence-corrected chi connectivity index (χ0v) is 12.1. The van der Waals surface area contributed by atoms with Gasteiger partial charge in [0, 0.05) is 6.04 Å². The number of anilines is 2. The normalized spacial score (nSPS) is 18.6. The summed E-state index contributed by atoms with van der Waals surface area (Å²) in [6, 6.07) is 2.00. The minimum absolute atomic E-state index is 0.319. The fourth-order valence-corrected chi connectivity index (χ4v) is 2.96. The molecule has 0 amide bonds. The second-order valence-corrected chi connectivity index (χ2v) is 5.83. The van der Waals surface area contributed by atoms with Crippen molar-refractivity contribution in [1.82, 2.24) is 4.98 Å². The Hall–Kier alpha value is -0.670. The Balaban J connectivity index is 2.06. The number of hydrogen-bond donors (Lipinski definition) is 2. The summed E-state index contributed by atoms with van der Waals surface area (Å²) < 4.78 is 0. The molecule has 5 heteroatoms. The number of nitrogens with zero attached hydrogens (tertiary/aromatic N) is 1. The number of nitrogens with one attached hydrogen (secondary N) is 1. The molecule has 0 aromatic carbocycles. The Morgan fingerprint density at radius 3 is 2.61 bits per heavy atom. The van der Waals surface area contributed by atoms with Crippen molar-refractivity contribution in [2.24, 2.45) is 5.92 Å². The summed E-state index contributed by atoms with van der Waals surface area (Å²) in [4.78, 5) is 4.21. The van der Waals surface area contributed by atoms with Crippen molar-refractivity contribution in [3.63, 3.8) is 0 Å². The second kappa shape index (κ2) is 5.98. The van der Waals surface area contributed by atoms with Crippen LogP contribution < -0.4 is 11.1 Å². The van der Waals surface area contributed by atoms with Crippen molar-refractivity contribution in [2.75, 3.05) is 11.1 Å². The average molecular weight is 288 g/mol. The van der Waals surface area contributed by atoms with Crippen LogP contribution in [0.1, 0.15) is 39.0 Å². The summed E-state index contributed by atoms with van der Waals surface area (Å²) in [5.74, 6) is 1.64. The number of hydrogen-bond acceptors (Lipinski definition) is 3. The van der Waals surface area contributed by atoms with Crippen molar-refractivity contribution in [1.29, 1.82) is 0 Å². The molecule has 1 saturated carbocycles. The van der Waals surface area contributed by atoms with E-state index < -0.39 is 0 Å². The molecule has 3 nitrogen and oxygen atoms in total. The van der Waals surface area contributed by atoms with Crippen molar-refractivity contribution in [2.45, 2.75) is 45.1 Å². The van der Waals surface area contributed by atoms with Crippen LogP contribution in [0.25, 0.3) is 0 Å². The van der Waals surface area contributed by atoms with E-state index in [9.17, 15) is 0 Å². The molecule has 0 bridgehead atoms. The van der Waals surface area contributed by atoms with E-state index >= 15 is 0 Å². The van der Waals surface area contributed by atoms with Gasteiger partial charge in [-0.3, -0.25) is 0 Å². The Morgan fingerprint density at radius 1 is 1.28 bits per heavy atom. The molecule has 1 heterocycles. The topological polar surface area (TPSA) is 50.9 Å². The first kappa shape index (κ1) is 13.8. The molecule has 1 fully saturated rings. The van der Waals surface area contributed by atoms with Gasteiger partial charge < -0.3 is 11.1 Å². The molecule has 0 spiro atoms. The van der Waals surface area contributed by atoms with Gasteiger partial charge in [0.2, 0.25) is 0 Å². The zero-order valence-electron chi connectivity index (χ0n) is 10.5. The maximum atomic E-state index is 6.12. The molecule has 1 aliphatic carbocycles. The molecule has 1 aromatic rings. The Morgan fingerprint density at radius 2 is 1.94 bits per heavy atom. The van der Waals surface area contributed by atoms with Gasteiger partial charge in [0.05, 0.1) is 10.0 Å². The van der Waals surface area contributed by atoms with E-state index in [2.05, 4.69) is 17.2 Å². The molecule has 3 N–H and O–H groups in total. The van der Waals surface area contributed by atoms with Gasteiger partial charge in [0.15, 0.2) is 0 Å². The third-order valence-electron chi connectivity index (χ3n) is 3.68. The predicted molar refractivity (Wildman–Crippen MR) is 78.3 cm³/mol. The maximum absolute atomic E-state index is 6.12. The number of halogens is 2. The van der Waals surface area contributed by atoms with E-state index in [1.165, 1.54) is 32.1 Å².